The number of carbonyl (C=O) groups is 2. The molecule has 2 amide bonds. The van der Waals surface area contributed by atoms with E-state index < -0.39 is 6.04 Å². The fraction of sp³-hybridized carbons (Fsp3) is 0.364. The summed E-state index contributed by atoms with van der Waals surface area (Å²) in [5.41, 5.74) is 1.42. The lowest BCUT2D eigenvalue weighted by molar-refractivity contribution is -0.131. The first-order valence-corrected chi connectivity index (χ1v) is 9.03. The predicted octanol–water partition coefficient (Wildman–Crippen LogP) is 3.93. The van der Waals surface area contributed by atoms with Gasteiger partial charge in [-0.2, -0.15) is 0 Å². The summed E-state index contributed by atoms with van der Waals surface area (Å²) in [6.45, 7) is 8.56. The topological polar surface area (TPSA) is 40.6 Å². The Morgan fingerprint density at radius 3 is 2.04 bits per heavy atom. The second-order valence-corrected chi connectivity index (χ2v) is 7.95. The van der Waals surface area contributed by atoms with Crippen molar-refractivity contribution in [3.05, 3.63) is 71.8 Å². The molecular formula is C22H26N2O2. The van der Waals surface area contributed by atoms with Gasteiger partial charge in [-0.05, 0) is 24.6 Å². The van der Waals surface area contributed by atoms with Crippen molar-refractivity contribution in [3.8, 4) is 0 Å². The molecule has 1 aliphatic heterocycles. The van der Waals surface area contributed by atoms with Crippen LogP contribution >= 0.6 is 0 Å². The SMILES string of the molecule is CC1C(=O)N(Cc2ccccc2)C(C(C)(C)C)N1C(=O)c1ccccc1. The first-order chi connectivity index (χ1) is 12.3. The molecule has 1 saturated heterocycles. The Kier molecular flexibility index (Phi) is 4.86. The highest BCUT2D eigenvalue weighted by Crippen LogP contribution is 2.36. The molecule has 0 radical (unpaired) electrons. The van der Waals surface area contributed by atoms with Gasteiger partial charge in [0.15, 0.2) is 0 Å². The average Bonchev–Trinajstić information content (AvgIpc) is 2.88. The number of hydrogen-bond donors (Lipinski definition) is 0. The Morgan fingerprint density at radius 1 is 0.962 bits per heavy atom. The van der Waals surface area contributed by atoms with E-state index in [0.29, 0.717) is 12.1 Å². The molecule has 0 bridgehead atoms. The summed E-state index contributed by atoms with van der Waals surface area (Å²) < 4.78 is 0. The molecule has 3 rings (SSSR count). The van der Waals surface area contributed by atoms with Crippen LogP contribution in [0.5, 0.6) is 0 Å². The molecule has 0 aliphatic carbocycles. The predicted molar refractivity (Wildman–Crippen MR) is 102 cm³/mol. The van der Waals surface area contributed by atoms with Gasteiger partial charge in [-0.3, -0.25) is 9.59 Å². The monoisotopic (exact) mass is 350 g/mol. The van der Waals surface area contributed by atoms with Gasteiger partial charge < -0.3 is 9.80 Å². The van der Waals surface area contributed by atoms with Crippen LogP contribution < -0.4 is 0 Å². The molecule has 4 heteroatoms. The minimum Gasteiger partial charge on any atom is -0.315 e. The molecule has 0 aromatic heterocycles. The second-order valence-electron chi connectivity index (χ2n) is 7.95. The second kappa shape index (κ2) is 6.94. The maximum absolute atomic E-state index is 13.2. The van der Waals surface area contributed by atoms with Crippen LogP contribution in [0.3, 0.4) is 0 Å². The maximum atomic E-state index is 13.2. The molecule has 4 nitrogen and oxygen atoms in total. The van der Waals surface area contributed by atoms with Crippen LogP contribution in [-0.4, -0.2) is 33.8 Å². The van der Waals surface area contributed by atoms with Crippen molar-refractivity contribution in [2.24, 2.45) is 5.41 Å². The summed E-state index contributed by atoms with van der Waals surface area (Å²) in [6.07, 6.45) is -0.294. The van der Waals surface area contributed by atoms with Gasteiger partial charge in [0.05, 0.1) is 0 Å². The lowest BCUT2D eigenvalue weighted by Crippen LogP contribution is -2.51. The quantitative estimate of drug-likeness (QED) is 0.841. The van der Waals surface area contributed by atoms with Crippen molar-refractivity contribution in [3.63, 3.8) is 0 Å². The highest BCUT2D eigenvalue weighted by atomic mass is 16.2. The summed E-state index contributed by atoms with van der Waals surface area (Å²) in [6, 6.07) is 18.7. The molecule has 2 aromatic carbocycles. The number of amides is 2. The fourth-order valence-electron chi connectivity index (χ4n) is 3.69. The molecule has 1 aliphatic rings. The molecule has 0 spiro atoms. The van der Waals surface area contributed by atoms with Gasteiger partial charge in [-0.25, -0.2) is 0 Å². The molecule has 2 aromatic rings. The van der Waals surface area contributed by atoms with Crippen LogP contribution in [0.1, 0.15) is 43.6 Å². The van der Waals surface area contributed by atoms with Crippen molar-refractivity contribution in [1.29, 1.82) is 0 Å². The zero-order valence-corrected chi connectivity index (χ0v) is 15.8. The standard InChI is InChI=1S/C22H26N2O2/c1-16-19(25)23(15-17-11-7-5-8-12-17)21(22(2,3)4)24(16)20(26)18-13-9-6-10-14-18/h5-14,16,21H,15H2,1-4H3. The van der Waals surface area contributed by atoms with E-state index in [2.05, 4.69) is 20.8 Å². The van der Waals surface area contributed by atoms with E-state index in [1.54, 1.807) is 17.0 Å². The lowest BCUT2D eigenvalue weighted by Gasteiger charge is -2.40. The minimum absolute atomic E-state index is 0.00180. The number of carbonyl (C=O) groups excluding carboxylic acids is 2. The van der Waals surface area contributed by atoms with E-state index >= 15 is 0 Å². The van der Waals surface area contributed by atoms with Crippen molar-refractivity contribution < 1.29 is 9.59 Å². The van der Waals surface area contributed by atoms with E-state index in [1.807, 2.05) is 60.4 Å². The van der Waals surface area contributed by atoms with Crippen LogP contribution in [0.2, 0.25) is 0 Å². The van der Waals surface area contributed by atoms with E-state index in [4.69, 9.17) is 0 Å². The first kappa shape index (κ1) is 18.2. The third-order valence-electron chi connectivity index (χ3n) is 4.84. The van der Waals surface area contributed by atoms with Crippen molar-refractivity contribution in [2.75, 3.05) is 0 Å². The largest absolute Gasteiger partial charge is 0.315 e. The molecule has 2 unspecified atom stereocenters. The number of hydrogen-bond acceptors (Lipinski definition) is 2. The summed E-state index contributed by atoms with van der Waals surface area (Å²) >= 11 is 0. The van der Waals surface area contributed by atoms with Gasteiger partial charge in [-0.15, -0.1) is 0 Å². The molecule has 0 N–H and O–H groups in total. The summed E-state index contributed by atoms with van der Waals surface area (Å²) in [7, 11) is 0. The highest BCUT2D eigenvalue weighted by molar-refractivity contribution is 5.99. The van der Waals surface area contributed by atoms with Crippen LogP contribution in [0.25, 0.3) is 0 Å². The van der Waals surface area contributed by atoms with Gasteiger partial charge in [0.1, 0.15) is 12.2 Å². The Hall–Kier alpha value is -2.62. The number of nitrogens with zero attached hydrogens (tertiary/aromatic N) is 2. The first-order valence-electron chi connectivity index (χ1n) is 9.03. The van der Waals surface area contributed by atoms with Crippen LogP contribution in [-0.2, 0) is 11.3 Å². The molecule has 0 saturated carbocycles. The minimum atomic E-state index is -0.476. The normalized spacial score (nSPS) is 20.5. The van der Waals surface area contributed by atoms with Crippen LogP contribution in [0.4, 0.5) is 0 Å². The van der Waals surface area contributed by atoms with E-state index in [1.165, 1.54) is 0 Å². The van der Waals surface area contributed by atoms with Gasteiger partial charge in [0.2, 0.25) is 5.91 Å². The van der Waals surface area contributed by atoms with Gasteiger partial charge >= 0.3 is 0 Å². The average molecular weight is 350 g/mol. The highest BCUT2D eigenvalue weighted by Gasteiger charge is 2.50. The zero-order chi connectivity index (χ0) is 18.9. The lowest BCUT2D eigenvalue weighted by atomic mass is 9.90. The van der Waals surface area contributed by atoms with E-state index in [9.17, 15) is 9.59 Å². The van der Waals surface area contributed by atoms with Crippen LogP contribution in [0.15, 0.2) is 60.7 Å². The summed E-state index contributed by atoms with van der Waals surface area (Å²) in [5, 5.41) is 0. The smallest absolute Gasteiger partial charge is 0.256 e. The third kappa shape index (κ3) is 3.36. The van der Waals surface area contributed by atoms with Gasteiger partial charge in [0.25, 0.3) is 5.91 Å². The van der Waals surface area contributed by atoms with Crippen LogP contribution in [0, 0.1) is 5.41 Å². The van der Waals surface area contributed by atoms with Crippen molar-refractivity contribution in [1.82, 2.24) is 9.80 Å². The Balaban J connectivity index is 1.98. The zero-order valence-electron chi connectivity index (χ0n) is 15.8. The molecule has 1 heterocycles. The molecule has 136 valence electrons. The Morgan fingerprint density at radius 2 is 1.50 bits per heavy atom. The van der Waals surface area contributed by atoms with Crippen molar-refractivity contribution in [2.45, 2.75) is 46.4 Å². The maximum Gasteiger partial charge on any atom is 0.256 e. The molecular weight excluding hydrogens is 324 g/mol. The Bertz CT molecular complexity index is 781. The van der Waals surface area contributed by atoms with Crippen molar-refractivity contribution >= 4 is 11.8 Å². The van der Waals surface area contributed by atoms with E-state index in [-0.39, 0.29) is 23.4 Å². The summed E-state index contributed by atoms with van der Waals surface area (Å²) in [4.78, 5) is 29.8. The van der Waals surface area contributed by atoms with Gasteiger partial charge in [0, 0.05) is 17.5 Å². The molecule has 26 heavy (non-hydrogen) atoms. The number of rotatable bonds is 3. The third-order valence-corrected chi connectivity index (χ3v) is 4.84. The number of benzene rings is 2. The Labute approximate surface area is 155 Å². The molecule has 1 fully saturated rings. The molecule has 2 atom stereocenters. The fourth-order valence-corrected chi connectivity index (χ4v) is 3.69. The van der Waals surface area contributed by atoms with E-state index in [0.717, 1.165) is 5.56 Å². The summed E-state index contributed by atoms with van der Waals surface area (Å²) in [5.74, 6) is -0.0972. The van der Waals surface area contributed by atoms with Gasteiger partial charge in [-0.1, -0.05) is 69.3 Å².